The van der Waals surface area contributed by atoms with Crippen LogP contribution >= 0.6 is 0 Å². The zero-order chi connectivity index (χ0) is 9.07. The smallest absolute Gasteiger partial charge is 0.320 e. The van der Waals surface area contributed by atoms with Crippen molar-refractivity contribution in [2.75, 3.05) is 12.0 Å². The Hall–Kier alpha value is -0.620. The lowest BCUT2D eigenvalue weighted by Crippen LogP contribution is -2.31. The van der Waals surface area contributed by atoms with Crippen molar-refractivity contribution >= 4 is 15.7 Å². The number of carbonyl (C=O) groups is 1. The molecular formula is C5H12N2O3S. The predicted octanol–water partition coefficient (Wildman–Crippen LogP) is -0.535. The fourth-order valence-electron chi connectivity index (χ4n) is 0.475. The van der Waals surface area contributed by atoms with Gasteiger partial charge in [-0.1, -0.05) is 0 Å². The molecule has 66 valence electrons. The van der Waals surface area contributed by atoms with E-state index in [4.69, 9.17) is 15.6 Å². The summed E-state index contributed by atoms with van der Waals surface area (Å²) in [6.07, 6.45) is 1.36. The summed E-state index contributed by atoms with van der Waals surface area (Å²) in [5, 5.41) is 8.30. The standard InChI is InChI=1S/C5H12N2O3S/c1-11(7,10)3-2-4(6)5(8)9/h4,7H,2-3,6H2,1H3,(H,8,9)/t4-,11?/m1/s1/i1+1,2+1,3+1,4+1,5+1. The van der Waals surface area contributed by atoms with Crippen LogP contribution < -0.4 is 5.73 Å². The summed E-state index contributed by atoms with van der Waals surface area (Å²) in [7, 11) is -2.60. The molecule has 0 heterocycles. The van der Waals surface area contributed by atoms with Gasteiger partial charge in [0.1, 0.15) is 6.04 Å². The Labute approximate surface area is 65.6 Å². The summed E-state index contributed by atoms with van der Waals surface area (Å²) >= 11 is 0. The van der Waals surface area contributed by atoms with Crippen molar-refractivity contribution in [3.63, 3.8) is 0 Å². The van der Waals surface area contributed by atoms with Gasteiger partial charge < -0.3 is 10.8 Å². The molecule has 0 fully saturated rings. The van der Waals surface area contributed by atoms with E-state index in [2.05, 4.69) is 0 Å². The number of nitrogens with two attached hydrogens (primary N) is 1. The third-order valence-corrected chi connectivity index (χ3v) is 2.15. The second-order valence-corrected chi connectivity index (χ2v) is 4.86. The van der Waals surface area contributed by atoms with E-state index >= 15 is 0 Å². The fraction of sp³-hybridized carbons (Fsp3) is 0.800. The molecular weight excluding hydrogens is 173 g/mol. The highest BCUT2D eigenvalue weighted by Gasteiger charge is 2.12. The van der Waals surface area contributed by atoms with Gasteiger partial charge in [0.15, 0.2) is 0 Å². The van der Waals surface area contributed by atoms with E-state index in [1.165, 1.54) is 6.26 Å². The van der Waals surface area contributed by atoms with E-state index < -0.39 is 21.7 Å². The van der Waals surface area contributed by atoms with E-state index in [9.17, 15) is 9.00 Å². The number of nitrogens with one attached hydrogen (secondary N) is 1. The van der Waals surface area contributed by atoms with Crippen LogP contribution in [0.5, 0.6) is 0 Å². The van der Waals surface area contributed by atoms with Crippen molar-refractivity contribution in [1.82, 2.24) is 0 Å². The van der Waals surface area contributed by atoms with Crippen molar-refractivity contribution in [2.45, 2.75) is 12.5 Å². The number of rotatable bonds is 4. The summed E-state index contributed by atoms with van der Waals surface area (Å²) < 4.78 is 17.7. The van der Waals surface area contributed by atoms with Crippen molar-refractivity contribution in [3.8, 4) is 0 Å². The molecule has 0 aromatic carbocycles. The zero-order valence-corrected chi connectivity index (χ0v) is 7.06. The molecule has 0 aliphatic carbocycles. The molecule has 0 amide bonds. The molecule has 4 N–H and O–H groups in total. The second-order valence-electron chi connectivity index (χ2n) is 2.44. The molecule has 11 heavy (non-hydrogen) atoms. The molecule has 5 nitrogen and oxygen atoms in total. The Morgan fingerprint density at radius 3 is 2.55 bits per heavy atom. The van der Waals surface area contributed by atoms with Gasteiger partial charge in [-0.15, -0.1) is 0 Å². The molecule has 1 unspecified atom stereocenters. The van der Waals surface area contributed by atoms with Gasteiger partial charge in [0, 0.05) is 21.7 Å². The number of carboxylic acid groups (broad SMARTS) is 1. The van der Waals surface area contributed by atoms with Gasteiger partial charge in [-0.3, -0.25) is 13.8 Å². The highest BCUT2D eigenvalue weighted by Crippen LogP contribution is 1.94. The highest BCUT2D eigenvalue weighted by molar-refractivity contribution is 7.91. The topological polar surface area (TPSA) is 104 Å². The van der Waals surface area contributed by atoms with Crippen LogP contribution in [0.4, 0.5) is 0 Å². The van der Waals surface area contributed by atoms with Crippen LogP contribution in [0.2, 0.25) is 0 Å². The molecule has 0 aliphatic rings. The summed E-state index contributed by atoms with van der Waals surface area (Å²) in [5.74, 6) is -1.07. The first-order chi connectivity index (χ1) is 4.83. The van der Waals surface area contributed by atoms with Gasteiger partial charge in [0.05, 0.1) is 0 Å². The number of aliphatic carboxylic acids is 1. The summed E-state index contributed by atoms with van der Waals surface area (Å²) in [6.45, 7) is 0. The molecule has 0 aromatic heterocycles. The first-order valence-corrected chi connectivity index (χ1v) is 5.16. The van der Waals surface area contributed by atoms with Crippen molar-refractivity contribution < 1.29 is 14.1 Å². The number of hydrogen-bond acceptors (Lipinski definition) is 4. The zero-order valence-electron chi connectivity index (χ0n) is 6.24. The minimum Gasteiger partial charge on any atom is -0.480 e. The van der Waals surface area contributed by atoms with Crippen LogP contribution in [0.3, 0.4) is 0 Å². The Balaban J connectivity index is 3.82. The molecule has 0 saturated heterocycles. The highest BCUT2D eigenvalue weighted by atomic mass is 32.2. The molecule has 0 radical (unpaired) electrons. The van der Waals surface area contributed by atoms with Gasteiger partial charge in [0.2, 0.25) is 0 Å². The van der Waals surface area contributed by atoms with Crippen molar-refractivity contribution in [2.24, 2.45) is 5.73 Å². The van der Waals surface area contributed by atoms with E-state index in [1.54, 1.807) is 0 Å². The first-order valence-electron chi connectivity index (χ1n) is 3.03. The third kappa shape index (κ3) is 5.81. The Kier molecular flexibility index (Phi) is 3.47. The number of carboxylic acids is 1. The Bertz CT molecular complexity index is 234. The van der Waals surface area contributed by atoms with E-state index in [0.29, 0.717) is 0 Å². The lowest BCUT2D eigenvalue weighted by molar-refractivity contribution is -0.138. The predicted molar refractivity (Wildman–Crippen MR) is 41.9 cm³/mol. The summed E-state index contributed by atoms with van der Waals surface area (Å²) in [4.78, 5) is 10.1. The van der Waals surface area contributed by atoms with Gasteiger partial charge >= 0.3 is 5.97 Å². The summed E-state index contributed by atoms with van der Waals surface area (Å²) in [6, 6.07) is -0.999. The molecule has 6 heteroatoms. The maximum atomic E-state index is 10.7. The maximum absolute atomic E-state index is 10.7. The van der Waals surface area contributed by atoms with Crippen LogP contribution in [0.25, 0.3) is 0 Å². The molecule has 0 rings (SSSR count). The van der Waals surface area contributed by atoms with Gasteiger partial charge in [-0.05, 0) is 6.42 Å². The minimum absolute atomic E-state index is 0.0421. The lowest BCUT2D eigenvalue weighted by atomic mass is 11.2. The largest absolute Gasteiger partial charge is 0.480 e. The van der Waals surface area contributed by atoms with Crippen molar-refractivity contribution in [3.05, 3.63) is 0 Å². The Morgan fingerprint density at radius 2 is 2.27 bits per heavy atom. The SMILES string of the molecule is [13CH3]S(=N)(=O)[13CH2][13CH2][13C@@H](N)[13C](=O)O. The molecule has 2 atom stereocenters. The van der Waals surface area contributed by atoms with Crippen LogP contribution in [0.1, 0.15) is 6.42 Å². The average molecular weight is 185 g/mol. The van der Waals surface area contributed by atoms with Crippen LogP contribution in [-0.2, 0) is 14.5 Å². The van der Waals surface area contributed by atoms with Gasteiger partial charge in [-0.2, -0.15) is 0 Å². The quantitative estimate of drug-likeness (QED) is 0.512. The monoisotopic (exact) mass is 185 g/mol. The first kappa shape index (κ1) is 10.4. The Morgan fingerprint density at radius 1 is 1.82 bits per heavy atom. The molecule has 0 saturated carbocycles. The molecule has 0 bridgehead atoms. The average Bonchev–Trinajstić information content (AvgIpc) is 1.80. The minimum atomic E-state index is -2.60. The van der Waals surface area contributed by atoms with Crippen LogP contribution in [-0.4, -0.2) is 33.3 Å². The molecule has 0 aromatic rings. The van der Waals surface area contributed by atoms with E-state index in [-0.39, 0.29) is 12.2 Å². The van der Waals surface area contributed by atoms with Gasteiger partial charge in [0.25, 0.3) is 0 Å². The lowest BCUT2D eigenvalue weighted by Gasteiger charge is -2.04. The summed E-state index contributed by atoms with van der Waals surface area (Å²) in [5.41, 5.74) is 5.12. The van der Waals surface area contributed by atoms with E-state index in [0.717, 1.165) is 0 Å². The third-order valence-electron chi connectivity index (χ3n) is 1.14. The number of hydrogen-bond donors (Lipinski definition) is 3. The van der Waals surface area contributed by atoms with Crippen molar-refractivity contribution in [1.29, 1.82) is 4.78 Å². The molecule has 0 spiro atoms. The van der Waals surface area contributed by atoms with E-state index in [1.807, 2.05) is 0 Å². The molecule has 0 aliphatic heterocycles. The maximum Gasteiger partial charge on any atom is 0.320 e. The normalized spacial score (nSPS) is 18.7. The fourth-order valence-corrected chi connectivity index (χ4v) is 1.18. The van der Waals surface area contributed by atoms with Crippen LogP contribution in [0.15, 0.2) is 0 Å². The van der Waals surface area contributed by atoms with Gasteiger partial charge in [-0.25, -0.2) is 0 Å². The second kappa shape index (κ2) is 3.68. The van der Waals surface area contributed by atoms with Crippen LogP contribution in [0, 0.1) is 4.78 Å².